The Morgan fingerprint density at radius 1 is 1.35 bits per heavy atom. The van der Waals surface area contributed by atoms with Crippen molar-refractivity contribution in [1.82, 2.24) is 4.90 Å². The van der Waals surface area contributed by atoms with E-state index in [-0.39, 0.29) is 5.91 Å². The third-order valence-electron chi connectivity index (χ3n) is 3.65. The molecular weight excluding hydrogens is 274 g/mol. The largest absolute Gasteiger partial charge is 0.478 e. The zero-order valence-electron chi connectivity index (χ0n) is 12.4. The van der Waals surface area contributed by atoms with Crippen molar-refractivity contribution in [3.05, 3.63) is 29.3 Å². The van der Waals surface area contributed by atoms with E-state index in [4.69, 9.17) is 16.3 Å². The Bertz CT molecular complexity index is 470. The number of hydrogen-bond donors (Lipinski definition) is 0. The maximum atomic E-state index is 12.6. The zero-order valence-corrected chi connectivity index (χ0v) is 13.1. The number of halogens is 1. The van der Waals surface area contributed by atoms with Crippen LogP contribution in [0.25, 0.3) is 0 Å². The number of carbonyl (C=O) groups is 1. The Morgan fingerprint density at radius 2 is 2.00 bits per heavy atom. The van der Waals surface area contributed by atoms with Gasteiger partial charge < -0.3 is 9.64 Å². The number of amides is 1. The first kappa shape index (κ1) is 15.2. The molecule has 4 heteroatoms. The van der Waals surface area contributed by atoms with Gasteiger partial charge in [-0.2, -0.15) is 0 Å². The van der Waals surface area contributed by atoms with Gasteiger partial charge in [-0.15, -0.1) is 0 Å². The van der Waals surface area contributed by atoms with E-state index in [0.717, 1.165) is 19.5 Å². The minimum atomic E-state index is -0.856. The Labute approximate surface area is 125 Å². The van der Waals surface area contributed by atoms with Crippen LogP contribution in [0.3, 0.4) is 0 Å². The molecule has 0 unspecified atom stereocenters. The number of hydrogen-bond acceptors (Lipinski definition) is 2. The second-order valence-corrected chi connectivity index (χ2v) is 6.50. The molecule has 1 amide bonds. The van der Waals surface area contributed by atoms with Gasteiger partial charge in [0.25, 0.3) is 5.91 Å². The number of likely N-dealkylation sites (tertiary alicyclic amines) is 1. The van der Waals surface area contributed by atoms with Crippen molar-refractivity contribution < 1.29 is 9.53 Å². The molecule has 1 saturated heterocycles. The Kier molecular flexibility index (Phi) is 4.59. The summed E-state index contributed by atoms with van der Waals surface area (Å²) >= 11 is 5.85. The summed E-state index contributed by atoms with van der Waals surface area (Å²) in [5.74, 6) is 1.29. The Balaban J connectivity index is 2.04. The van der Waals surface area contributed by atoms with Crippen molar-refractivity contribution in [3.63, 3.8) is 0 Å². The molecule has 1 heterocycles. The second-order valence-electron chi connectivity index (χ2n) is 6.06. The molecule has 110 valence electrons. The number of rotatable bonds is 3. The highest BCUT2D eigenvalue weighted by Crippen LogP contribution is 2.24. The summed E-state index contributed by atoms with van der Waals surface area (Å²) in [6.45, 7) is 7.49. The van der Waals surface area contributed by atoms with Crippen molar-refractivity contribution in [3.8, 4) is 5.75 Å². The predicted molar refractivity (Wildman–Crippen MR) is 81.1 cm³/mol. The summed E-state index contributed by atoms with van der Waals surface area (Å²) in [5.41, 5.74) is -0.856. The number of benzene rings is 1. The van der Waals surface area contributed by atoms with E-state index < -0.39 is 5.60 Å². The highest BCUT2D eigenvalue weighted by Gasteiger charge is 2.35. The molecular formula is C16H22ClNO2. The van der Waals surface area contributed by atoms with E-state index in [0.29, 0.717) is 16.7 Å². The Morgan fingerprint density at radius 3 is 2.60 bits per heavy atom. The van der Waals surface area contributed by atoms with Crippen molar-refractivity contribution in [2.24, 2.45) is 5.92 Å². The standard InChI is InChI=1S/C16H22ClNO2/c1-12-5-4-10-18(11-12)15(19)16(2,3)20-14-8-6-13(17)7-9-14/h6-9,12H,4-5,10-11H2,1-3H3/t12-/m1/s1. The van der Waals surface area contributed by atoms with E-state index in [1.165, 1.54) is 6.42 Å². The molecule has 0 bridgehead atoms. The lowest BCUT2D eigenvalue weighted by atomic mass is 9.98. The van der Waals surface area contributed by atoms with Gasteiger partial charge in [-0.25, -0.2) is 0 Å². The number of nitrogens with zero attached hydrogens (tertiary/aromatic N) is 1. The van der Waals surface area contributed by atoms with Gasteiger partial charge in [-0.1, -0.05) is 18.5 Å². The molecule has 0 radical (unpaired) electrons. The molecule has 2 rings (SSSR count). The first-order chi connectivity index (χ1) is 9.38. The van der Waals surface area contributed by atoms with Crippen molar-refractivity contribution in [2.45, 2.75) is 39.2 Å². The van der Waals surface area contributed by atoms with Gasteiger partial charge in [0.2, 0.25) is 0 Å². The molecule has 1 aromatic carbocycles. The molecule has 1 aromatic rings. The summed E-state index contributed by atoms with van der Waals surface area (Å²) in [4.78, 5) is 14.5. The molecule has 1 aliphatic rings. The monoisotopic (exact) mass is 295 g/mol. The van der Waals surface area contributed by atoms with Crippen LogP contribution in [0, 0.1) is 5.92 Å². The van der Waals surface area contributed by atoms with E-state index in [1.54, 1.807) is 24.3 Å². The second kappa shape index (κ2) is 6.04. The van der Waals surface area contributed by atoms with Gasteiger partial charge in [0.05, 0.1) is 0 Å². The highest BCUT2D eigenvalue weighted by molar-refractivity contribution is 6.30. The molecule has 1 atom stereocenters. The maximum Gasteiger partial charge on any atom is 0.266 e. The molecule has 0 spiro atoms. The molecule has 0 aromatic heterocycles. The molecule has 1 fully saturated rings. The normalized spacial score (nSPS) is 19.8. The van der Waals surface area contributed by atoms with Gasteiger partial charge in [0.15, 0.2) is 5.60 Å². The van der Waals surface area contributed by atoms with Crippen molar-refractivity contribution in [1.29, 1.82) is 0 Å². The van der Waals surface area contributed by atoms with Crippen LogP contribution in [0.4, 0.5) is 0 Å². The van der Waals surface area contributed by atoms with Crippen LogP contribution in [0.15, 0.2) is 24.3 Å². The Hall–Kier alpha value is -1.22. The van der Waals surface area contributed by atoms with Crippen molar-refractivity contribution in [2.75, 3.05) is 13.1 Å². The van der Waals surface area contributed by atoms with Crippen LogP contribution < -0.4 is 4.74 Å². The molecule has 3 nitrogen and oxygen atoms in total. The van der Waals surface area contributed by atoms with Crippen molar-refractivity contribution >= 4 is 17.5 Å². The maximum absolute atomic E-state index is 12.6. The first-order valence-corrected chi connectivity index (χ1v) is 7.50. The average molecular weight is 296 g/mol. The molecule has 1 aliphatic heterocycles. The third-order valence-corrected chi connectivity index (χ3v) is 3.90. The van der Waals surface area contributed by atoms with E-state index in [2.05, 4.69) is 6.92 Å². The summed E-state index contributed by atoms with van der Waals surface area (Å²) in [6.07, 6.45) is 2.27. The van der Waals surface area contributed by atoms with Gasteiger partial charge in [0.1, 0.15) is 5.75 Å². The third kappa shape index (κ3) is 3.66. The van der Waals surface area contributed by atoms with Crippen LogP contribution in [-0.4, -0.2) is 29.5 Å². The highest BCUT2D eigenvalue weighted by atomic mass is 35.5. The molecule has 0 aliphatic carbocycles. The fraction of sp³-hybridized carbons (Fsp3) is 0.562. The lowest BCUT2D eigenvalue weighted by Gasteiger charge is -2.36. The minimum Gasteiger partial charge on any atom is -0.478 e. The minimum absolute atomic E-state index is 0.0546. The first-order valence-electron chi connectivity index (χ1n) is 7.12. The number of carbonyl (C=O) groups excluding carboxylic acids is 1. The topological polar surface area (TPSA) is 29.5 Å². The van der Waals surface area contributed by atoms with Gasteiger partial charge in [0, 0.05) is 18.1 Å². The number of ether oxygens (including phenoxy) is 1. The van der Waals surface area contributed by atoms with E-state index in [1.807, 2.05) is 18.7 Å². The van der Waals surface area contributed by atoms with Crippen LogP contribution in [-0.2, 0) is 4.79 Å². The summed E-state index contributed by atoms with van der Waals surface area (Å²) in [5, 5.41) is 0.659. The summed E-state index contributed by atoms with van der Waals surface area (Å²) < 4.78 is 5.86. The molecule has 20 heavy (non-hydrogen) atoms. The lowest BCUT2D eigenvalue weighted by Crippen LogP contribution is -2.51. The number of piperidine rings is 1. The van der Waals surface area contributed by atoms with Gasteiger partial charge >= 0.3 is 0 Å². The van der Waals surface area contributed by atoms with E-state index in [9.17, 15) is 4.79 Å². The summed E-state index contributed by atoms with van der Waals surface area (Å²) in [6, 6.07) is 7.10. The van der Waals surface area contributed by atoms with Crippen LogP contribution in [0.5, 0.6) is 5.75 Å². The zero-order chi connectivity index (χ0) is 14.8. The SMILES string of the molecule is C[C@@H]1CCCN(C(=O)C(C)(C)Oc2ccc(Cl)cc2)C1. The van der Waals surface area contributed by atoms with Crippen LogP contribution in [0.2, 0.25) is 5.02 Å². The average Bonchev–Trinajstić information content (AvgIpc) is 2.40. The predicted octanol–water partition coefficient (Wildman–Crippen LogP) is 3.76. The fourth-order valence-electron chi connectivity index (χ4n) is 2.60. The van der Waals surface area contributed by atoms with Crippen LogP contribution >= 0.6 is 11.6 Å². The fourth-order valence-corrected chi connectivity index (χ4v) is 2.72. The molecule has 0 N–H and O–H groups in total. The van der Waals surface area contributed by atoms with E-state index >= 15 is 0 Å². The quantitative estimate of drug-likeness (QED) is 0.850. The molecule has 0 saturated carbocycles. The van der Waals surface area contributed by atoms with Gasteiger partial charge in [-0.05, 0) is 56.9 Å². The summed E-state index contributed by atoms with van der Waals surface area (Å²) in [7, 11) is 0. The lowest BCUT2D eigenvalue weighted by molar-refractivity contribution is -0.147. The van der Waals surface area contributed by atoms with Crippen LogP contribution in [0.1, 0.15) is 33.6 Å². The van der Waals surface area contributed by atoms with Gasteiger partial charge in [-0.3, -0.25) is 4.79 Å². The smallest absolute Gasteiger partial charge is 0.266 e.